The number of fused-ring (bicyclic) bond motifs is 1. The molecule has 0 saturated carbocycles. The summed E-state index contributed by atoms with van der Waals surface area (Å²) in [4.78, 5) is 0. The van der Waals surface area contributed by atoms with Crippen molar-refractivity contribution in [1.82, 2.24) is 4.57 Å². The van der Waals surface area contributed by atoms with Gasteiger partial charge in [0.1, 0.15) is 0 Å². The SMILES string of the molecule is CC(C)n1cc(CC(C)(C)O)c2cc(C(F)(F)F)ccc21. The Kier molecular flexibility index (Phi) is 3.82. The number of rotatable bonds is 3. The van der Waals surface area contributed by atoms with Crippen molar-refractivity contribution in [3.63, 3.8) is 0 Å². The van der Waals surface area contributed by atoms with E-state index in [0.717, 1.165) is 17.1 Å². The maximum absolute atomic E-state index is 12.9. The van der Waals surface area contributed by atoms with Crippen LogP contribution >= 0.6 is 0 Å². The van der Waals surface area contributed by atoms with E-state index in [1.807, 2.05) is 24.6 Å². The van der Waals surface area contributed by atoms with Crippen LogP contribution in [-0.4, -0.2) is 15.3 Å². The van der Waals surface area contributed by atoms with Crippen molar-refractivity contribution in [2.75, 3.05) is 0 Å². The van der Waals surface area contributed by atoms with Gasteiger partial charge in [-0.3, -0.25) is 0 Å². The van der Waals surface area contributed by atoms with Crippen molar-refractivity contribution in [2.24, 2.45) is 0 Å². The highest BCUT2D eigenvalue weighted by Gasteiger charge is 2.31. The minimum absolute atomic E-state index is 0.139. The van der Waals surface area contributed by atoms with Gasteiger partial charge in [-0.25, -0.2) is 0 Å². The van der Waals surface area contributed by atoms with Crippen LogP contribution in [0.4, 0.5) is 13.2 Å². The molecule has 21 heavy (non-hydrogen) atoms. The molecule has 0 aliphatic heterocycles. The number of aliphatic hydroxyl groups is 1. The van der Waals surface area contributed by atoms with Gasteiger partial charge in [0.05, 0.1) is 11.2 Å². The first-order valence-corrected chi connectivity index (χ1v) is 6.92. The fourth-order valence-electron chi connectivity index (χ4n) is 2.54. The van der Waals surface area contributed by atoms with E-state index in [-0.39, 0.29) is 6.04 Å². The number of nitrogens with zero attached hydrogens (tertiary/aromatic N) is 1. The van der Waals surface area contributed by atoms with Gasteiger partial charge in [0.25, 0.3) is 0 Å². The highest BCUT2D eigenvalue weighted by molar-refractivity contribution is 5.85. The molecule has 2 nitrogen and oxygen atoms in total. The molecule has 0 amide bonds. The minimum Gasteiger partial charge on any atom is -0.390 e. The molecule has 1 N–H and O–H groups in total. The topological polar surface area (TPSA) is 25.2 Å². The van der Waals surface area contributed by atoms with Crippen LogP contribution in [0.15, 0.2) is 24.4 Å². The monoisotopic (exact) mass is 299 g/mol. The first-order chi connectivity index (χ1) is 9.49. The molecule has 2 rings (SSSR count). The molecule has 1 aromatic carbocycles. The van der Waals surface area contributed by atoms with E-state index < -0.39 is 17.3 Å². The lowest BCUT2D eigenvalue weighted by Gasteiger charge is -2.16. The van der Waals surface area contributed by atoms with Crippen molar-refractivity contribution < 1.29 is 18.3 Å². The zero-order valence-electron chi connectivity index (χ0n) is 12.6. The Morgan fingerprint density at radius 3 is 2.29 bits per heavy atom. The molecular weight excluding hydrogens is 279 g/mol. The molecule has 0 fully saturated rings. The molecule has 0 aliphatic rings. The van der Waals surface area contributed by atoms with Gasteiger partial charge in [-0.1, -0.05) is 0 Å². The zero-order chi connectivity index (χ0) is 16.0. The molecule has 0 aliphatic carbocycles. The van der Waals surface area contributed by atoms with Gasteiger partial charge in [-0.15, -0.1) is 0 Å². The van der Waals surface area contributed by atoms with Gasteiger partial charge in [0, 0.05) is 29.6 Å². The van der Waals surface area contributed by atoms with Crippen LogP contribution in [0.2, 0.25) is 0 Å². The molecule has 2 aromatic rings. The van der Waals surface area contributed by atoms with Crippen LogP contribution in [0.5, 0.6) is 0 Å². The number of hydrogen-bond donors (Lipinski definition) is 1. The summed E-state index contributed by atoms with van der Waals surface area (Å²) in [6, 6.07) is 3.93. The van der Waals surface area contributed by atoms with E-state index in [1.165, 1.54) is 12.1 Å². The standard InChI is InChI=1S/C16H20F3NO/c1-10(2)20-9-11(8-15(3,4)21)13-7-12(16(17,18)19)5-6-14(13)20/h5-7,9-10,21H,8H2,1-4H3. The fourth-order valence-corrected chi connectivity index (χ4v) is 2.54. The third-order valence-electron chi connectivity index (χ3n) is 3.42. The van der Waals surface area contributed by atoms with Crippen LogP contribution in [0.25, 0.3) is 10.9 Å². The Hall–Kier alpha value is -1.49. The largest absolute Gasteiger partial charge is 0.416 e. The van der Waals surface area contributed by atoms with E-state index in [4.69, 9.17) is 0 Å². The molecule has 5 heteroatoms. The molecule has 1 heterocycles. The molecule has 116 valence electrons. The Morgan fingerprint density at radius 1 is 1.19 bits per heavy atom. The Morgan fingerprint density at radius 2 is 1.81 bits per heavy atom. The lowest BCUT2D eigenvalue weighted by Crippen LogP contribution is -2.21. The van der Waals surface area contributed by atoms with Gasteiger partial charge >= 0.3 is 6.18 Å². The second-order valence-electron chi connectivity index (χ2n) is 6.37. The lowest BCUT2D eigenvalue weighted by molar-refractivity contribution is -0.137. The van der Waals surface area contributed by atoms with Crippen LogP contribution in [-0.2, 0) is 12.6 Å². The number of benzene rings is 1. The molecule has 0 unspecified atom stereocenters. The summed E-state index contributed by atoms with van der Waals surface area (Å²) in [7, 11) is 0. The van der Waals surface area contributed by atoms with Crippen molar-refractivity contribution >= 4 is 10.9 Å². The smallest absolute Gasteiger partial charge is 0.390 e. The molecular formula is C16H20F3NO. The van der Waals surface area contributed by atoms with Gasteiger partial charge < -0.3 is 9.67 Å². The van der Waals surface area contributed by atoms with E-state index in [1.54, 1.807) is 13.8 Å². The molecule has 0 saturated heterocycles. The van der Waals surface area contributed by atoms with E-state index in [2.05, 4.69) is 0 Å². The second-order valence-corrected chi connectivity index (χ2v) is 6.37. The summed E-state index contributed by atoms with van der Waals surface area (Å²) in [6.45, 7) is 7.26. The van der Waals surface area contributed by atoms with Crippen molar-refractivity contribution in [3.8, 4) is 0 Å². The molecule has 0 spiro atoms. The Balaban J connectivity index is 2.66. The predicted octanol–water partition coefficient (Wildman–Crippen LogP) is 4.55. The minimum atomic E-state index is -4.36. The first-order valence-electron chi connectivity index (χ1n) is 6.92. The average Bonchev–Trinajstić information content (AvgIpc) is 2.64. The fraction of sp³-hybridized carbons (Fsp3) is 0.500. The van der Waals surface area contributed by atoms with Gasteiger partial charge in [0.15, 0.2) is 0 Å². The molecule has 0 radical (unpaired) electrons. The molecule has 0 atom stereocenters. The van der Waals surface area contributed by atoms with Crippen LogP contribution in [0, 0.1) is 0 Å². The van der Waals surface area contributed by atoms with Crippen molar-refractivity contribution in [3.05, 3.63) is 35.5 Å². The number of aromatic nitrogens is 1. The number of hydrogen-bond acceptors (Lipinski definition) is 1. The molecule has 0 bridgehead atoms. The Labute approximate surface area is 122 Å². The summed E-state index contributed by atoms with van der Waals surface area (Å²) in [5.74, 6) is 0. The summed E-state index contributed by atoms with van der Waals surface area (Å²) >= 11 is 0. The third-order valence-corrected chi connectivity index (χ3v) is 3.42. The summed E-state index contributed by atoms with van der Waals surface area (Å²) in [6.07, 6.45) is -2.21. The molecule has 1 aromatic heterocycles. The van der Waals surface area contributed by atoms with Gasteiger partial charge in [-0.05, 0) is 51.5 Å². The Bertz CT molecular complexity index is 648. The second kappa shape index (κ2) is 5.05. The quantitative estimate of drug-likeness (QED) is 0.883. The number of halogens is 3. The lowest BCUT2D eigenvalue weighted by atomic mass is 9.97. The highest BCUT2D eigenvalue weighted by atomic mass is 19.4. The maximum Gasteiger partial charge on any atom is 0.416 e. The summed E-state index contributed by atoms with van der Waals surface area (Å²) in [5.41, 5.74) is -0.132. The first kappa shape index (κ1) is 15.9. The summed E-state index contributed by atoms with van der Waals surface area (Å²) in [5, 5.41) is 10.5. The van der Waals surface area contributed by atoms with Crippen LogP contribution < -0.4 is 0 Å². The maximum atomic E-state index is 12.9. The average molecular weight is 299 g/mol. The van der Waals surface area contributed by atoms with E-state index in [0.29, 0.717) is 11.8 Å². The van der Waals surface area contributed by atoms with Crippen molar-refractivity contribution in [2.45, 2.75) is 51.9 Å². The van der Waals surface area contributed by atoms with Gasteiger partial charge in [0.2, 0.25) is 0 Å². The number of alkyl halides is 3. The predicted molar refractivity (Wildman–Crippen MR) is 77.3 cm³/mol. The van der Waals surface area contributed by atoms with Crippen LogP contribution in [0.1, 0.15) is 44.9 Å². The van der Waals surface area contributed by atoms with E-state index in [9.17, 15) is 18.3 Å². The van der Waals surface area contributed by atoms with Crippen LogP contribution in [0.3, 0.4) is 0 Å². The normalized spacial score (nSPS) is 13.4. The zero-order valence-corrected chi connectivity index (χ0v) is 12.6. The third kappa shape index (κ3) is 3.40. The van der Waals surface area contributed by atoms with Gasteiger partial charge in [-0.2, -0.15) is 13.2 Å². The summed E-state index contributed by atoms with van der Waals surface area (Å²) < 4.78 is 40.6. The highest BCUT2D eigenvalue weighted by Crippen LogP contribution is 2.34. The van der Waals surface area contributed by atoms with E-state index >= 15 is 0 Å². The van der Waals surface area contributed by atoms with Crippen molar-refractivity contribution in [1.29, 1.82) is 0 Å².